The minimum Gasteiger partial charge on any atom is -0.465 e. The fourth-order valence-electron chi connectivity index (χ4n) is 1.54. The van der Waals surface area contributed by atoms with Crippen LogP contribution in [0.2, 0.25) is 0 Å². The average molecular weight is 275 g/mol. The molecule has 0 spiro atoms. The Morgan fingerprint density at radius 1 is 1.35 bits per heavy atom. The number of carbonyl (C=O) groups is 2. The molecule has 1 aromatic heterocycles. The van der Waals surface area contributed by atoms with E-state index >= 15 is 0 Å². The first-order chi connectivity index (χ1) is 9.58. The minimum absolute atomic E-state index is 0.00293. The Morgan fingerprint density at radius 3 is 2.60 bits per heavy atom. The van der Waals surface area contributed by atoms with Gasteiger partial charge in [0.1, 0.15) is 12.9 Å². The van der Waals surface area contributed by atoms with Gasteiger partial charge in [0.2, 0.25) is 11.9 Å². The number of aromatic nitrogens is 3. The van der Waals surface area contributed by atoms with E-state index in [0.717, 1.165) is 0 Å². The van der Waals surface area contributed by atoms with Crippen molar-refractivity contribution < 1.29 is 14.3 Å². The first-order valence-electron chi connectivity index (χ1n) is 5.71. The fourth-order valence-corrected chi connectivity index (χ4v) is 1.54. The molecule has 1 aromatic carbocycles. The summed E-state index contributed by atoms with van der Waals surface area (Å²) < 4.78 is 5.91. The zero-order valence-electron chi connectivity index (χ0n) is 10.7. The van der Waals surface area contributed by atoms with Crippen molar-refractivity contribution in [2.75, 3.05) is 18.2 Å². The van der Waals surface area contributed by atoms with Crippen LogP contribution in [0.5, 0.6) is 0 Å². The number of anilines is 2. The molecule has 2 aromatic rings. The van der Waals surface area contributed by atoms with Crippen LogP contribution in [0.15, 0.2) is 30.6 Å². The topological polar surface area (TPSA) is 112 Å². The van der Waals surface area contributed by atoms with Crippen LogP contribution in [0.4, 0.5) is 11.6 Å². The predicted octanol–water partition coefficient (Wildman–Crippen LogP) is 0.286. The van der Waals surface area contributed by atoms with Gasteiger partial charge >= 0.3 is 5.97 Å². The maximum absolute atomic E-state index is 11.7. The maximum Gasteiger partial charge on any atom is 0.337 e. The Balaban J connectivity index is 1.96. The van der Waals surface area contributed by atoms with Gasteiger partial charge in [-0.3, -0.25) is 4.79 Å². The monoisotopic (exact) mass is 275 g/mol. The second kappa shape index (κ2) is 5.83. The lowest BCUT2D eigenvalue weighted by Crippen LogP contribution is -2.19. The van der Waals surface area contributed by atoms with Gasteiger partial charge in [-0.25, -0.2) is 14.5 Å². The molecule has 20 heavy (non-hydrogen) atoms. The molecule has 0 aliphatic carbocycles. The molecule has 0 aliphatic rings. The highest BCUT2D eigenvalue weighted by Gasteiger charge is 2.07. The van der Waals surface area contributed by atoms with Gasteiger partial charge in [0.25, 0.3) is 0 Å². The number of carbonyl (C=O) groups excluding carboxylic acids is 2. The molecule has 0 saturated carbocycles. The zero-order valence-corrected chi connectivity index (χ0v) is 10.7. The SMILES string of the molecule is COC(=O)c1ccc(NC(=O)Cn2cnc(N)n2)cc1. The highest BCUT2D eigenvalue weighted by atomic mass is 16.5. The molecule has 0 bridgehead atoms. The minimum atomic E-state index is -0.430. The van der Waals surface area contributed by atoms with Crippen LogP contribution in [0.3, 0.4) is 0 Å². The number of rotatable bonds is 4. The van der Waals surface area contributed by atoms with E-state index in [1.807, 2.05) is 0 Å². The van der Waals surface area contributed by atoms with Crippen molar-refractivity contribution >= 4 is 23.5 Å². The Bertz CT molecular complexity index is 620. The summed E-state index contributed by atoms with van der Waals surface area (Å²) in [6.07, 6.45) is 1.37. The fraction of sp³-hybridized carbons (Fsp3) is 0.167. The van der Waals surface area contributed by atoms with E-state index in [4.69, 9.17) is 5.73 Å². The lowest BCUT2D eigenvalue weighted by Gasteiger charge is -2.05. The lowest BCUT2D eigenvalue weighted by molar-refractivity contribution is -0.116. The number of ether oxygens (including phenoxy) is 1. The number of nitrogens with one attached hydrogen (secondary N) is 1. The van der Waals surface area contributed by atoms with Crippen LogP contribution >= 0.6 is 0 Å². The zero-order chi connectivity index (χ0) is 14.5. The highest BCUT2D eigenvalue weighted by molar-refractivity contribution is 5.92. The summed E-state index contributed by atoms with van der Waals surface area (Å²) in [5.41, 5.74) is 6.32. The summed E-state index contributed by atoms with van der Waals surface area (Å²) in [4.78, 5) is 26.7. The second-order valence-corrected chi connectivity index (χ2v) is 3.92. The van der Waals surface area contributed by atoms with Crippen LogP contribution < -0.4 is 11.1 Å². The number of esters is 1. The number of nitrogen functional groups attached to an aromatic ring is 1. The summed E-state index contributed by atoms with van der Waals surface area (Å²) in [5, 5.41) is 6.47. The molecular formula is C12H13N5O3. The standard InChI is InChI=1S/C12H13N5O3/c1-20-11(19)8-2-4-9(5-3-8)15-10(18)6-17-7-14-12(13)16-17/h2-5,7H,6H2,1H3,(H2,13,16)(H,15,18). The molecule has 8 nitrogen and oxygen atoms in total. The number of methoxy groups -OCH3 is 1. The van der Waals surface area contributed by atoms with E-state index in [1.54, 1.807) is 24.3 Å². The van der Waals surface area contributed by atoms with Crippen molar-refractivity contribution in [3.05, 3.63) is 36.2 Å². The van der Waals surface area contributed by atoms with Crippen molar-refractivity contribution in [2.45, 2.75) is 6.54 Å². The molecule has 0 fully saturated rings. The Labute approximate surface area is 114 Å². The molecule has 8 heteroatoms. The quantitative estimate of drug-likeness (QED) is 0.775. The van der Waals surface area contributed by atoms with Crippen LogP contribution in [0, 0.1) is 0 Å². The molecule has 0 unspecified atom stereocenters. The number of hydrogen-bond donors (Lipinski definition) is 2. The third kappa shape index (κ3) is 3.31. The molecule has 0 aliphatic heterocycles. The third-order valence-corrected chi connectivity index (χ3v) is 2.45. The number of amides is 1. The maximum atomic E-state index is 11.7. The summed E-state index contributed by atoms with van der Waals surface area (Å²) in [5.74, 6) is -0.595. The summed E-state index contributed by atoms with van der Waals surface area (Å²) in [6.45, 7) is 0.00293. The smallest absolute Gasteiger partial charge is 0.337 e. The summed E-state index contributed by atoms with van der Waals surface area (Å²) in [6, 6.07) is 6.35. The van der Waals surface area contributed by atoms with Crippen molar-refractivity contribution in [3.63, 3.8) is 0 Å². The van der Waals surface area contributed by atoms with Crippen molar-refractivity contribution in [2.24, 2.45) is 0 Å². The van der Waals surface area contributed by atoms with Gasteiger partial charge in [0.15, 0.2) is 0 Å². The number of hydrogen-bond acceptors (Lipinski definition) is 6. The molecule has 1 heterocycles. The van der Waals surface area contributed by atoms with E-state index in [1.165, 1.54) is 18.1 Å². The van der Waals surface area contributed by atoms with E-state index in [0.29, 0.717) is 11.3 Å². The molecule has 3 N–H and O–H groups in total. The van der Waals surface area contributed by atoms with Gasteiger partial charge in [-0.05, 0) is 24.3 Å². The van der Waals surface area contributed by atoms with Gasteiger partial charge < -0.3 is 15.8 Å². The van der Waals surface area contributed by atoms with Crippen LogP contribution in [0.25, 0.3) is 0 Å². The number of nitrogens with zero attached hydrogens (tertiary/aromatic N) is 3. The molecular weight excluding hydrogens is 262 g/mol. The van der Waals surface area contributed by atoms with Crippen LogP contribution in [-0.4, -0.2) is 33.8 Å². The molecule has 0 radical (unpaired) electrons. The predicted molar refractivity (Wildman–Crippen MR) is 70.8 cm³/mol. The summed E-state index contributed by atoms with van der Waals surface area (Å²) in [7, 11) is 1.31. The number of nitrogens with two attached hydrogens (primary N) is 1. The highest BCUT2D eigenvalue weighted by Crippen LogP contribution is 2.10. The lowest BCUT2D eigenvalue weighted by atomic mass is 10.2. The van der Waals surface area contributed by atoms with E-state index in [2.05, 4.69) is 20.1 Å². The van der Waals surface area contributed by atoms with Crippen molar-refractivity contribution in [1.82, 2.24) is 14.8 Å². The molecule has 1 amide bonds. The van der Waals surface area contributed by atoms with Gasteiger partial charge in [-0.15, -0.1) is 5.10 Å². The third-order valence-electron chi connectivity index (χ3n) is 2.45. The van der Waals surface area contributed by atoms with Crippen LogP contribution in [0.1, 0.15) is 10.4 Å². The number of benzene rings is 1. The Hall–Kier alpha value is -2.90. The van der Waals surface area contributed by atoms with Gasteiger partial charge in [0.05, 0.1) is 12.7 Å². The second-order valence-electron chi connectivity index (χ2n) is 3.92. The molecule has 0 saturated heterocycles. The molecule has 104 valence electrons. The van der Waals surface area contributed by atoms with Gasteiger partial charge in [0, 0.05) is 5.69 Å². The van der Waals surface area contributed by atoms with Crippen molar-refractivity contribution in [1.29, 1.82) is 0 Å². The van der Waals surface area contributed by atoms with Gasteiger partial charge in [-0.1, -0.05) is 0 Å². The average Bonchev–Trinajstić information content (AvgIpc) is 2.84. The molecule has 2 rings (SSSR count). The largest absolute Gasteiger partial charge is 0.465 e. The van der Waals surface area contributed by atoms with Crippen molar-refractivity contribution in [3.8, 4) is 0 Å². The normalized spacial score (nSPS) is 10.1. The van der Waals surface area contributed by atoms with Crippen LogP contribution in [-0.2, 0) is 16.1 Å². The summed E-state index contributed by atoms with van der Waals surface area (Å²) >= 11 is 0. The van der Waals surface area contributed by atoms with E-state index in [9.17, 15) is 9.59 Å². The van der Waals surface area contributed by atoms with E-state index in [-0.39, 0.29) is 18.4 Å². The van der Waals surface area contributed by atoms with Gasteiger partial charge in [-0.2, -0.15) is 0 Å². The Kier molecular flexibility index (Phi) is 3.94. The first kappa shape index (κ1) is 13.5. The first-order valence-corrected chi connectivity index (χ1v) is 5.71. The molecule has 0 atom stereocenters. The Morgan fingerprint density at radius 2 is 2.05 bits per heavy atom. The van der Waals surface area contributed by atoms with E-state index < -0.39 is 5.97 Å².